The molecule has 14 nitrogen and oxygen atoms in total. The van der Waals surface area contributed by atoms with Crippen LogP contribution in [0.3, 0.4) is 0 Å². The smallest absolute Gasteiger partial charge is 0.220 e. The third-order valence-corrected chi connectivity index (χ3v) is 17.7. The van der Waals surface area contributed by atoms with Crippen LogP contribution in [-0.2, 0) is 23.7 Å². The molecule has 492 valence electrons. The van der Waals surface area contributed by atoms with Gasteiger partial charge >= 0.3 is 0 Å². The lowest BCUT2D eigenvalue weighted by molar-refractivity contribution is -0.359. The predicted octanol–water partition coefficient (Wildman–Crippen LogP) is 14.2. The Hall–Kier alpha value is -1.27. The van der Waals surface area contributed by atoms with E-state index in [1.165, 1.54) is 263 Å². The number of amides is 1. The highest BCUT2D eigenvalue weighted by Gasteiger charge is 2.51. The number of unbranched alkanes of at least 4 members (excludes halogenated alkanes) is 46. The van der Waals surface area contributed by atoms with E-state index in [4.69, 9.17) is 18.9 Å². The standard InChI is InChI=1S/C69H133NO13/c1-3-5-7-9-11-13-15-17-19-21-23-25-26-27-28-29-30-31-32-33-34-36-38-40-42-44-46-48-50-52-58(73)57(70-61(74)53-51-49-47-45-43-41-39-37-35-24-22-20-18-16-14-12-10-8-6-4-2)56-80-68-66(79)64(77)67(60(55-72)82-68)83-69-65(78)63(76)62(75)59(54-71)81-69/h50,52,57-60,62-69,71-73,75-79H,3-49,51,53-56H2,1-2H3,(H,70,74)/b52-50+. The first-order valence-corrected chi connectivity index (χ1v) is 35.4. The van der Waals surface area contributed by atoms with Gasteiger partial charge in [-0.1, -0.05) is 315 Å². The summed E-state index contributed by atoms with van der Waals surface area (Å²) in [4.78, 5) is 13.3. The normalized spacial score (nSPS) is 23.8. The fourth-order valence-corrected chi connectivity index (χ4v) is 12.1. The maximum atomic E-state index is 13.3. The van der Waals surface area contributed by atoms with Gasteiger partial charge in [0.15, 0.2) is 12.6 Å². The minimum Gasteiger partial charge on any atom is -0.394 e. The van der Waals surface area contributed by atoms with Crippen LogP contribution in [-0.4, -0.2) is 140 Å². The summed E-state index contributed by atoms with van der Waals surface area (Å²) >= 11 is 0. The molecule has 0 aromatic rings. The molecule has 2 aliphatic heterocycles. The van der Waals surface area contributed by atoms with Gasteiger partial charge in [0.1, 0.15) is 48.8 Å². The summed E-state index contributed by atoms with van der Waals surface area (Å²) in [6, 6.07) is -0.911. The number of aliphatic hydroxyl groups is 8. The van der Waals surface area contributed by atoms with Crippen LogP contribution in [0.1, 0.15) is 328 Å². The predicted molar refractivity (Wildman–Crippen MR) is 337 cm³/mol. The molecule has 0 aliphatic carbocycles. The van der Waals surface area contributed by atoms with Gasteiger partial charge in [-0.05, 0) is 19.3 Å². The Morgan fingerprint density at radius 3 is 1.11 bits per heavy atom. The van der Waals surface area contributed by atoms with Crippen molar-refractivity contribution in [3.63, 3.8) is 0 Å². The number of allylic oxidation sites excluding steroid dienone is 1. The van der Waals surface area contributed by atoms with Crippen LogP contribution >= 0.6 is 0 Å². The molecule has 9 N–H and O–H groups in total. The van der Waals surface area contributed by atoms with Crippen molar-refractivity contribution in [2.75, 3.05) is 19.8 Å². The molecule has 2 heterocycles. The van der Waals surface area contributed by atoms with E-state index in [0.717, 1.165) is 38.5 Å². The van der Waals surface area contributed by atoms with Gasteiger partial charge in [-0.3, -0.25) is 4.79 Å². The number of carbonyl (C=O) groups is 1. The fraction of sp³-hybridized carbons (Fsp3) is 0.957. The van der Waals surface area contributed by atoms with Crippen molar-refractivity contribution >= 4 is 5.91 Å². The minimum atomic E-state index is -1.79. The molecule has 0 radical (unpaired) electrons. The van der Waals surface area contributed by atoms with Crippen molar-refractivity contribution in [1.29, 1.82) is 0 Å². The molecule has 83 heavy (non-hydrogen) atoms. The average molecular weight is 1180 g/mol. The molecular weight excluding hydrogens is 1050 g/mol. The zero-order valence-electron chi connectivity index (χ0n) is 53.5. The molecule has 0 aromatic heterocycles. The zero-order chi connectivity index (χ0) is 60.2. The minimum absolute atomic E-state index is 0.231. The van der Waals surface area contributed by atoms with Gasteiger partial charge in [0.05, 0.1) is 32.0 Å². The highest BCUT2D eigenvalue weighted by atomic mass is 16.7. The van der Waals surface area contributed by atoms with Crippen molar-refractivity contribution < 1.29 is 64.6 Å². The third kappa shape index (κ3) is 39.4. The number of hydrogen-bond donors (Lipinski definition) is 9. The van der Waals surface area contributed by atoms with E-state index in [-0.39, 0.29) is 18.9 Å². The summed E-state index contributed by atoms with van der Waals surface area (Å²) < 4.78 is 22.9. The maximum Gasteiger partial charge on any atom is 0.220 e. The largest absolute Gasteiger partial charge is 0.394 e. The zero-order valence-corrected chi connectivity index (χ0v) is 53.5. The van der Waals surface area contributed by atoms with Gasteiger partial charge in [-0.15, -0.1) is 0 Å². The molecule has 14 heteroatoms. The van der Waals surface area contributed by atoms with Crippen LogP contribution in [0, 0.1) is 0 Å². The molecule has 2 aliphatic rings. The Morgan fingerprint density at radius 1 is 0.422 bits per heavy atom. The molecule has 12 atom stereocenters. The quantitative estimate of drug-likeness (QED) is 0.0204. The molecule has 12 unspecified atom stereocenters. The van der Waals surface area contributed by atoms with Crippen molar-refractivity contribution in [2.24, 2.45) is 0 Å². The van der Waals surface area contributed by atoms with E-state index in [1.807, 2.05) is 6.08 Å². The van der Waals surface area contributed by atoms with Gasteiger partial charge in [-0.2, -0.15) is 0 Å². The molecule has 0 saturated carbocycles. The molecule has 0 aromatic carbocycles. The number of ether oxygens (including phenoxy) is 4. The third-order valence-electron chi connectivity index (χ3n) is 17.7. The SMILES string of the molecule is CCCCCCCCCCCCCCCCCCCCCCCCCCCCC/C=C/C(O)C(COC1OC(CO)C(OC2OC(CO)C(O)C(O)C2O)C(O)C1O)NC(=O)CCCCCCCCCCCCCCCCCCCCCC. The molecule has 2 saturated heterocycles. The molecule has 0 spiro atoms. The summed E-state index contributed by atoms with van der Waals surface area (Å²) in [6.07, 6.45) is 49.8. The molecule has 2 rings (SSSR count). The van der Waals surface area contributed by atoms with Crippen molar-refractivity contribution in [2.45, 2.75) is 402 Å². The Labute approximate surface area is 507 Å². The summed E-state index contributed by atoms with van der Waals surface area (Å²) in [6.45, 7) is 2.86. The first kappa shape index (κ1) is 77.8. The van der Waals surface area contributed by atoms with Crippen LogP contribution in [0.4, 0.5) is 0 Å². The summed E-state index contributed by atoms with van der Waals surface area (Å²) in [5, 5.41) is 87.4. The van der Waals surface area contributed by atoms with E-state index >= 15 is 0 Å². The lowest BCUT2D eigenvalue weighted by atomic mass is 9.97. The summed E-state index contributed by atoms with van der Waals surface area (Å²) in [5.41, 5.74) is 0. The van der Waals surface area contributed by atoms with E-state index in [1.54, 1.807) is 6.08 Å². The Balaban J connectivity index is 1.67. The number of hydrogen-bond acceptors (Lipinski definition) is 13. The first-order valence-electron chi connectivity index (χ1n) is 35.4. The second-order valence-corrected chi connectivity index (χ2v) is 25.4. The first-order chi connectivity index (χ1) is 40.6. The second kappa shape index (κ2) is 54.8. The van der Waals surface area contributed by atoms with E-state index < -0.39 is 86.8 Å². The van der Waals surface area contributed by atoms with Crippen LogP contribution in [0.2, 0.25) is 0 Å². The Morgan fingerprint density at radius 2 is 0.747 bits per heavy atom. The lowest BCUT2D eigenvalue weighted by Crippen LogP contribution is -2.65. The average Bonchev–Trinajstić information content (AvgIpc) is 3.59. The lowest BCUT2D eigenvalue weighted by Gasteiger charge is -2.46. The van der Waals surface area contributed by atoms with Crippen molar-refractivity contribution in [1.82, 2.24) is 5.32 Å². The van der Waals surface area contributed by atoms with Crippen LogP contribution in [0.25, 0.3) is 0 Å². The van der Waals surface area contributed by atoms with Gasteiger partial charge < -0.3 is 65.1 Å². The van der Waals surface area contributed by atoms with Crippen LogP contribution < -0.4 is 5.32 Å². The number of aliphatic hydroxyl groups excluding tert-OH is 8. The fourth-order valence-electron chi connectivity index (χ4n) is 12.1. The summed E-state index contributed by atoms with van der Waals surface area (Å²) in [5.74, 6) is -0.231. The van der Waals surface area contributed by atoms with Gasteiger partial charge in [0, 0.05) is 6.42 Å². The van der Waals surface area contributed by atoms with E-state index in [9.17, 15) is 45.6 Å². The Kier molecular flexibility index (Phi) is 51.4. The highest BCUT2D eigenvalue weighted by Crippen LogP contribution is 2.30. The second-order valence-electron chi connectivity index (χ2n) is 25.4. The van der Waals surface area contributed by atoms with E-state index in [2.05, 4.69) is 19.2 Å². The highest BCUT2D eigenvalue weighted by molar-refractivity contribution is 5.76. The number of carbonyl (C=O) groups excluding carboxylic acids is 1. The maximum absolute atomic E-state index is 13.3. The Bertz CT molecular complexity index is 1440. The monoisotopic (exact) mass is 1180 g/mol. The summed E-state index contributed by atoms with van der Waals surface area (Å²) in [7, 11) is 0. The molecular formula is C69H133NO13. The number of nitrogens with one attached hydrogen (secondary N) is 1. The van der Waals surface area contributed by atoms with Crippen LogP contribution in [0.15, 0.2) is 12.2 Å². The van der Waals surface area contributed by atoms with Crippen molar-refractivity contribution in [3.05, 3.63) is 12.2 Å². The number of rotatable bonds is 59. The molecule has 1 amide bonds. The van der Waals surface area contributed by atoms with Gasteiger partial charge in [-0.25, -0.2) is 0 Å². The topological polar surface area (TPSA) is 228 Å². The van der Waals surface area contributed by atoms with Crippen LogP contribution in [0.5, 0.6) is 0 Å². The van der Waals surface area contributed by atoms with Gasteiger partial charge in [0.2, 0.25) is 5.91 Å². The van der Waals surface area contributed by atoms with Gasteiger partial charge in [0.25, 0.3) is 0 Å². The van der Waals surface area contributed by atoms with Crippen molar-refractivity contribution in [3.8, 4) is 0 Å². The molecule has 0 bridgehead atoms. The molecule has 2 fully saturated rings. The van der Waals surface area contributed by atoms with E-state index in [0.29, 0.717) is 6.42 Å².